The molecule has 0 radical (unpaired) electrons. The van der Waals surface area contributed by atoms with Crippen molar-refractivity contribution in [3.05, 3.63) is 47.9 Å². The minimum atomic E-state index is -3.26. The second kappa shape index (κ2) is 9.81. The first kappa shape index (κ1) is 23.9. The second-order valence-corrected chi connectivity index (χ2v) is 6.99. The van der Waals surface area contributed by atoms with E-state index in [4.69, 9.17) is 0 Å². The first-order valence-corrected chi connectivity index (χ1v) is 9.51. The van der Waals surface area contributed by atoms with Crippen molar-refractivity contribution in [2.75, 3.05) is 10.6 Å². The lowest BCUT2D eigenvalue weighted by atomic mass is 10.1. The third-order valence-electron chi connectivity index (χ3n) is 4.06. The first-order valence-electron chi connectivity index (χ1n) is 9.51. The molecule has 0 saturated heterocycles. The highest BCUT2D eigenvalue weighted by atomic mass is 19.3. The molecular weight excluding hydrogens is 446 g/mol. The van der Waals surface area contributed by atoms with Gasteiger partial charge in [0, 0.05) is 43.4 Å². The van der Waals surface area contributed by atoms with E-state index < -0.39 is 25.0 Å². The first-order chi connectivity index (χ1) is 15.5. The minimum Gasteiger partial charge on any atom is -0.339 e. The van der Waals surface area contributed by atoms with E-state index in [1.165, 1.54) is 37.6 Å². The van der Waals surface area contributed by atoms with E-state index in [-0.39, 0.29) is 23.2 Å². The predicted octanol–water partition coefficient (Wildman–Crippen LogP) is 4.19. The van der Waals surface area contributed by atoms with Crippen LogP contribution >= 0.6 is 0 Å². The molecule has 0 unspecified atom stereocenters. The van der Waals surface area contributed by atoms with Gasteiger partial charge in [0.25, 0.3) is 0 Å². The number of aryl methyl sites for hydroxylation is 1. The van der Waals surface area contributed by atoms with Gasteiger partial charge in [-0.3, -0.25) is 14.8 Å². The molecule has 3 rings (SSSR count). The number of hydrogen-bond donors (Lipinski definition) is 2. The van der Waals surface area contributed by atoms with Gasteiger partial charge in [-0.2, -0.15) is 17.6 Å². The van der Waals surface area contributed by atoms with Gasteiger partial charge in [0.1, 0.15) is 11.6 Å². The van der Waals surface area contributed by atoms with Gasteiger partial charge in [-0.05, 0) is 6.92 Å². The molecule has 174 valence electrons. The summed E-state index contributed by atoms with van der Waals surface area (Å²) in [6.07, 6.45) is 3.96. The molecule has 9 nitrogen and oxygen atoms in total. The van der Waals surface area contributed by atoms with Crippen molar-refractivity contribution in [2.45, 2.75) is 39.9 Å². The van der Waals surface area contributed by atoms with Gasteiger partial charge in [-0.1, -0.05) is 0 Å². The van der Waals surface area contributed by atoms with E-state index in [2.05, 4.69) is 40.3 Å². The molecule has 2 N–H and O–H groups in total. The lowest BCUT2D eigenvalue weighted by Crippen LogP contribution is -2.14. The van der Waals surface area contributed by atoms with Crippen LogP contribution in [0.3, 0.4) is 0 Å². The molecule has 3 aromatic rings. The lowest BCUT2D eigenvalue weighted by molar-refractivity contribution is -0.138. The molecule has 0 aliphatic heterocycles. The zero-order chi connectivity index (χ0) is 24.2. The SMILES string of the molecule is CC(=O)Nc1cc(Nc2cc(C)nc(C(C)(F)F)n2)c(-c2cnc(COC(F)F)cn2)cn1. The highest BCUT2D eigenvalue weighted by Crippen LogP contribution is 2.31. The third-order valence-corrected chi connectivity index (χ3v) is 4.06. The molecule has 0 aliphatic carbocycles. The molecule has 0 bridgehead atoms. The van der Waals surface area contributed by atoms with Gasteiger partial charge >= 0.3 is 12.5 Å². The molecule has 13 heteroatoms. The number of ether oxygens (including phenoxy) is 1. The van der Waals surface area contributed by atoms with Crippen LogP contribution in [0.2, 0.25) is 0 Å². The Bertz CT molecular complexity index is 1140. The Hall–Kier alpha value is -3.74. The van der Waals surface area contributed by atoms with Crippen LogP contribution in [0.1, 0.15) is 31.1 Å². The van der Waals surface area contributed by atoms with Crippen LogP contribution in [0, 0.1) is 6.92 Å². The number of rotatable bonds is 8. The van der Waals surface area contributed by atoms with Gasteiger partial charge in [-0.25, -0.2) is 15.0 Å². The van der Waals surface area contributed by atoms with E-state index in [0.717, 1.165) is 0 Å². The van der Waals surface area contributed by atoms with Crippen molar-refractivity contribution in [3.63, 3.8) is 0 Å². The molecule has 1 amide bonds. The summed E-state index contributed by atoms with van der Waals surface area (Å²) < 4.78 is 56.2. The van der Waals surface area contributed by atoms with E-state index in [0.29, 0.717) is 29.6 Å². The summed E-state index contributed by atoms with van der Waals surface area (Å²) in [6, 6.07) is 2.93. The highest BCUT2D eigenvalue weighted by molar-refractivity contribution is 5.89. The fraction of sp³-hybridized carbons (Fsp3) is 0.300. The predicted molar refractivity (Wildman–Crippen MR) is 110 cm³/mol. The fourth-order valence-corrected chi connectivity index (χ4v) is 2.70. The largest absolute Gasteiger partial charge is 0.345 e. The minimum absolute atomic E-state index is 0.0789. The summed E-state index contributed by atoms with van der Waals surface area (Å²) in [4.78, 5) is 31.4. The Kier molecular flexibility index (Phi) is 7.11. The van der Waals surface area contributed by atoms with Gasteiger partial charge in [0.05, 0.1) is 36.1 Å². The summed E-state index contributed by atoms with van der Waals surface area (Å²) in [7, 11) is 0. The van der Waals surface area contributed by atoms with Crippen molar-refractivity contribution < 1.29 is 27.1 Å². The Labute approximate surface area is 185 Å². The number of pyridine rings is 1. The van der Waals surface area contributed by atoms with E-state index >= 15 is 0 Å². The monoisotopic (exact) mass is 465 g/mol. The van der Waals surface area contributed by atoms with Crippen molar-refractivity contribution >= 4 is 23.2 Å². The topological polar surface area (TPSA) is 115 Å². The molecular formula is C20H19F4N7O2. The van der Waals surface area contributed by atoms with Crippen LogP contribution in [0.25, 0.3) is 11.3 Å². The standard InChI is InChI=1S/C20H19F4N7O2/c1-10-4-17(31-18(28-10)20(3,23)24)30-14-5-16(29-11(2)32)27-7-13(14)15-8-25-12(6-26-15)9-33-19(21)22/h4-8,19H,9H2,1-3H3,(H2,27,28,29,30,31,32). The number of carbonyl (C=O) groups is 1. The number of amides is 1. The number of halogens is 4. The van der Waals surface area contributed by atoms with E-state index in [1.54, 1.807) is 6.92 Å². The molecule has 33 heavy (non-hydrogen) atoms. The van der Waals surface area contributed by atoms with Gasteiger partial charge in [0.2, 0.25) is 11.7 Å². The lowest BCUT2D eigenvalue weighted by Gasteiger charge is -2.15. The Morgan fingerprint density at radius 1 is 1.09 bits per heavy atom. The number of carbonyl (C=O) groups excluding carboxylic acids is 1. The van der Waals surface area contributed by atoms with Crippen LogP contribution in [-0.4, -0.2) is 37.4 Å². The second-order valence-electron chi connectivity index (χ2n) is 6.99. The number of aromatic nitrogens is 5. The van der Waals surface area contributed by atoms with Crippen molar-refractivity contribution in [3.8, 4) is 11.3 Å². The van der Waals surface area contributed by atoms with Crippen LogP contribution in [0.4, 0.5) is 34.9 Å². The van der Waals surface area contributed by atoms with Crippen molar-refractivity contribution in [1.82, 2.24) is 24.9 Å². The van der Waals surface area contributed by atoms with Crippen LogP contribution in [0.5, 0.6) is 0 Å². The summed E-state index contributed by atoms with van der Waals surface area (Å²) >= 11 is 0. The maximum Gasteiger partial charge on any atom is 0.345 e. The Balaban J connectivity index is 1.99. The summed E-state index contributed by atoms with van der Waals surface area (Å²) in [5, 5.41) is 5.45. The maximum absolute atomic E-state index is 13.8. The summed E-state index contributed by atoms with van der Waals surface area (Å²) in [6.45, 7) is 0.170. The maximum atomic E-state index is 13.8. The van der Waals surface area contributed by atoms with Gasteiger partial charge in [0.15, 0.2) is 0 Å². The number of hydrogen-bond acceptors (Lipinski definition) is 8. The zero-order valence-corrected chi connectivity index (χ0v) is 17.7. The number of nitrogens with zero attached hydrogens (tertiary/aromatic N) is 5. The number of nitrogens with one attached hydrogen (secondary N) is 2. The molecule has 0 fully saturated rings. The molecule has 0 aromatic carbocycles. The smallest absolute Gasteiger partial charge is 0.339 e. The van der Waals surface area contributed by atoms with Crippen molar-refractivity contribution in [2.24, 2.45) is 0 Å². The molecule has 0 spiro atoms. The summed E-state index contributed by atoms with van der Waals surface area (Å²) in [5.41, 5.74) is 1.50. The number of alkyl halides is 4. The third kappa shape index (κ3) is 6.62. The normalized spacial score (nSPS) is 11.5. The Morgan fingerprint density at radius 2 is 1.85 bits per heavy atom. The van der Waals surface area contributed by atoms with Crippen LogP contribution in [-0.2, 0) is 22.1 Å². The number of anilines is 3. The Morgan fingerprint density at radius 3 is 2.45 bits per heavy atom. The molecule has 3 heterocycles. The average molecular weight is 465 g/mol. The van der Waals surface area contributed by atoms with Gasteiger partial charge < -0.3 is 15.4 Å². The quantitative estimate of drug-likeness (QED) is 0.476. The molecule has 0 saturated carbocycles. The van der Waals surface area contributed by atoms with Crippen LogP contribution < -0.4 is 10.6 Å². The fourth-order valence-electron chi connectivity index (χ4n) is 2.70. The molecule has 0 aliphatic rings. The van der Waals surface area contributed by atoms with E-state index in [1.807, 2.05) is 0 Å². The molecule has 3 aromatic heterocycles. The van der Waals surface area contributed by atoms with Gasteiger partial charge in [-0.15, -0.1) is 0 Å². The van der Waals surface area contributed by atoms with E-state index in [9.17, 15) is 22.4 Å². The average Bonchev–Trinajstić information content (AvgIpc) is 2.71. The van der Waals surface area contributed by atoms with Crippen molar-refractivity contribution in [1.29, 1.82) is 0 Å². The highest BCUT2D eigenvalue weighted by Gasteiger charge is 2.29. The summed E-state index contributed by atoms with van der Waals surface area (Å²) in [5.74, 6) is -4.02. The zero-order valence-electron chi connectivity index (χ0n) is 17.7. The van der Waals surface area contributed by atoms with Crippen LogP contribution in [0.15, 0.2) is 30.7 Å². The molecule has 0 atom stereocenters.